The van der Waals surface area contributed by atoms with Crippen molar-refractivity contribution in [1.29, 1.82) is 0 Å². The molecule has 5 nitrogen and oxygen atoms in total. The minimum absolute atomic E-state index is 0.118. The van der Waals surface area contributed by atoms with Gasteiger partial charge in [-0.1, -0.05) is 35.9 Å². The van der Waals surface area contributed by atoms with Crippen LogP contribution in [-0.4, -0.2) is 24.2 Å². The molecular weight excluding hydrogens is 385 g/mol. The van der Waals surface area contributed by atoms with Gasteiger partial charge in [0.25, 0.3) is 0 Å². The Bertz CT molecular complexity index is 817. The zero-order chi connectivity index (χ0) is 19.2. The van der Waals surface area contributed by atoms with Gasteiger partial charge in [0.05, 0.1) is 14.2 Å². The van der Waals surface area contributed by atoms with Crippen molar-refractivity contribution in [3.8, 4) is 11.5 Å². The summed E-state index contributed by atoms with van der Waals surface area (Å²) in [6, 6.07) is 17.5. The largest absolute Gasteiger partial charge is 0.497 e. The van der Waals surface area contributed by atoms with Crippen molar-refractivity contribution in [3.05, 3.63) is 76.2 Å². The predicted molar refractivity (Wildman–Crippen MR) is 108 cm³/mol. The molecule has 0 aliphatic carbocycles. The minimum atomic E-state index is 0.118. The molecule has 1 heterocycles. The molecule has 0 N–H and O–H groups in total. The maximum atomic E-state index is 6.08. The molecule has 0 spiro atoms. The zero-order valence-electron chi connectivity index (χ0n) is 15.0. The van der Waals surface area contributed by atoms with E-state index in [2.05, 4.69) is 14.9 Å². The summed E-state index contributed by atoms with van der Waals surface area (Å²) in [6.45, 7) is 1.25. The highest BCUT2D eigenvalue weighted by molar-refractivity contribution is 6.32. The van der Waals surface area contributed by atoms with Crippen LogP contribution in [0.5, 0.6) is 11.5 Å². The number of halogens is 2. The van der Waals surface area contributed by atoms with E-state index in [1.54, 1.807) is 20.3 Å². The van der Waals surface area contributed by atoms with Gasteiger partial charge in [0.1, 0.15) is 22.5 Å². The summed E-state index contributed by atoms with van der Waals surface area (Å²) in [6.07, 6.45) is 0. The van der Waals surface area contributed by atoms with Crippen molar-refractivity contribution in [2.45, 2.75) is 13.1 Å². The first kappa shape index (κ1) is 19.3. The highest BCUT2D eigenvalue weighted by Crippen LogP contribution is 2.24. The highest BCUT2D eigenvalue weighted by atomic mass is 35.5. The van der Waals surface area contributed by atoms with Crippen LogP contribution in [0.25, 0.3) is 0 Å². The third kappa shape index (κ3) is 5.25. The van der Waals surface area contributed by atoms with E-state index in [0.717, 1.165) is 22.6 Å². The van der Waals surface area contributed by atoms with E-state index in [-0.39, 0.29) is 5.28 Å². The number of nitrogens with zero attached hydrogens (tertiary/aromatic N) is 3. The van der Waals surface area contributed by atoms with Crippen molar-refractivity contribution >= 4 is 29.0 Å². The van der Waals surface area contributed by atoms with Crippen molar-refractivity contribution < 1.29 is 9.47 Å². The molecule has 0 aliphatic rings. The van der Waals surface area contributed by atoms with Crippen molar-refractivity contribution in [2.24, 2.45) is 0 Å². The lowest BCUT2D eigenvalue weighted by Gasteiger charge is -2.24. The molecule has 7 heteroatoms. The molecule has 0 radical (unpaired) electrons. The van der Waals surface area contributed by atoms with Crippen molar-refractivity contribution in [2.75, 3.05) is 19.1 Å². The number of methoxy groups -OCH3 is 2. The van der Waals surface area contributed by atoms with Crippen LogP contribution < -0.4 is 14.4 Å². The summed E-state index contributed by atoms with van der Waals surface area (Å²) in [5.41, 5.74) is 2.21. The van der Waals surface area contributed by atoms with Crippen LogP contribution in [0.2, 0.25) is 10.4 Å². The predicted octanol–water partition coefficient (Wildman–Crippen LogP) is 5.01. The monoisotopic (exact) mass is 403 g/mol. The molecule has 1 aromatic heterocycles. The Morgan fingerprint density at radius 1 is 0.778 bits per heavy atom. The molecular formula is C20H19Cl2N3O2. The molecule has 27 heavy (non-hydrogen) atoms. The lowest BCUT2D eigenvalue weighted by atomic mass is 10.1. The van der Waals surface area contributed by atoms with Crippen LogP contribution in [0.4, 0.5) is 5.82 Å². The molecule has 140 valence electrons. The first-order valence-corrected chi connectivity index (χ1v) is 9.04. The normalized spacial score (nSPS) is 10.5. The Morgan fingerprint density at radius 2 is 1.26 bits per heavy atom. The fourth-order valence-electron chi connectivity index (χ4n) is 2.66. The van der Waals surface area contributed by atoms with E-state index >= 15 is 0 Å². The maximum absolute atomic E-state index is 6.08. The van der Waals surface area contributed by atoms with Gasteiger partial charge in [-0.05, 0) is 47.0 Å². The van der Waals surface area contributed by atoms with Gasteiger partial charge in [0, 0.05) is 19.2 Å². The molecule has 0 saturated carbocycles. The molecule has 0 saturated heterocycles. The lowest BCUT2D eigenvalue weighted by molar-refractivity contribution is 0.414. The molecule has 0 fully saturated rings. The topological polar surface area (TPSA) is 47.5 Å². The quantitative estimate of drug-likeness (QED) is 0.409. The second-order valence-electron chi connectivity index (χ2n) is 5.87. The molecule has 0 bridgehead atoms. The fraction of sp³-hybridized carbons (Fsp3) is 0.200. The van der Waals surface area contributed by atoms with Gasteiger partial charge in [-0.15, -0.1) is 0 Å². The van der Waals surface area contributed by atoms with Crippen molar-refractivity contribution in [3.63, 3.8) is 0 Å². The Hall–Kier alpha value is -2.50. The van der Waals surface area contributed by atoms with Crippen LogP contribution in [0.1, 0.15) is 11.1 Å². The maximum Gasteiger partial charge on any atom is 0.225 e. The van der Waals surface area contributed by atoms with E-state index in [1.165, 1.54) is 0 Å². The number of benzene rings is 2. The summed E-state index contributed by atoms with van der Waals surface area (Å²) in [7, 11) is 3.30. The number of aromatic nitrogens is 2. The SMILES string of the molecule is COc1ccc(CN(Cc2ccc(OC)cc2)c2cc(Cl)nc(Cl)n2)cc1. The molecule has 3 rings (SSSR count). The second-order valence-corrected chi connectivity index (χ2v) is 6.60. The second kappa shape index (κ2) is 8.93. The molecule has 0 unspecified atom stereocenters. The Labute approximate surface area is 168 Å². The van der Waals surface area contributed by atoms with Gasteiger partial charge < -0.3 is 14.4 Å². The van der Waals surface area contributed by atoms with Crippen LogP contribution in [-0.2, 0) is 13.1 Å². The summed E-state index contributed by atoms with van der Waals surface area (Å²) in [4.78, 5) is 10.4. The molecule has 3 aromatic rings. The average Bonchev–Trinajstić information content (AvgIpc) is 2.68. The van der Waals surface area contributed by atoms with Gasteiger partial charge in [-0.25, -0.2) is 9.97 Å². The molecule has 2 aromatic carbocycles. The van der Waals surface area contributed by atoms with E-state index in [9.17, 15) is 0 Å². The number of anilines is 1. The van der Waals surface area contributed by atoms with E-state index < -0.39 is 0 Å². The number of hydrogen-bond donors (Lipinski definition) is 0. The molecule has 0 aliphatic heterocycles. The van der Waals surface area contributed by atoms with Crippen molar-refractivity contribution in [1.82, 2.24) is 9.97 Å². The fourth-order valence-corrected chi connectivity index (χ4v) is 3.06. The van der Waals surface area contributed by atoms with E-state index in [4.69, 9.17) is 32.7 Å². The summed E-state index contributed by atoms with van der Waals surface area (Å²) < 4.78 is 10.5. The zero-order valence-corrected chi connectivity index (χ0v) is 16.5. The molecule has 0 amide bonds. The van der Waals surface area contributed by atoms with Gasteiger partial charge in [0.2, 0.25) is 5.28 Å². The third-order valence-electron chi connectivity index (χ3n) is 4.04. The standard InChI is InChI=1S/C20H19Cl2N3O2/c1-26-16-7-3-14(4-8-16)12-25(19-11-18(21)23-20(22)24-19)13-15-5-9-17(27-2)10-6-15/h3-11H,12-13H2,1-2H3. The molecule has 0 atom stereocenters. The summed E-state index contributed by atoms with van der Waals surface area (Å²) in [5, 5.41) is 0.423. The minimum Gasteiger partial charge on any atom is -0.497 e. The number of ether oxygens (including phenoxy) is 2. The van der Waals surface area contributed by atoms with Crippen LogP contribution >= 0.6 is 23.2 Å². The van der Waals surface area contributed by atoms with Gasteiger partial charge >= 0.3 is 0 Å². The Kier molecular flexibility index (Phi) is 6.37. The third-order valence-corrected chi connectivity index (χ3v) is 4.41. The Morgan fingerprint density at radius 3 is 1.67 bits per heavy atom. The number of rotatable bonds is 7. The van der Waals surface area contributed by atoms with Crippen LogP contribution in [0.15, 0.2) is 54.6 Å². The number of hydrogen-bond acceptors (Lipinski definition) is 5. The van der Waals surface area contributed by atoms with E-state index in [1.807, 2.05) is 48.5 Å². The van der Waals surface area contributed by atoms with Gasteiger partial charge in [-0.3, -0.25) is 0 Å². The average molecular weight is 404 g/mol. The summed E-state index contributed by atoms with van der Waals surface area (Å²) >= 11 is 12.1. The summed E-state index contributed by atoms with van der Waals surface area (Å²) in [5.74, 6) is 2.29. The first-order valence-electron chi connectivity index (χ1n) is 8.28. The van der Waals surface area contributed by atoms with Gasteiger partial charge in [-0.2, -0.15) is 0 Å². The van der Waals surface area contributed by atoms with Crippen LogP contribution in [0.3, 0.4) is 0 Å². The Balaban J connectivity index is 1.88. The lowest BCUT2D eigenvalue weighted by Crippen LogP contribution is -2.23. The van der Waals surface area contributed by atoms with Gasteiger partial charge in [0.15, 0.2) is 0 Å². The van der Waals surface area contributed by atoms with Crippen LogP contribution in [0, 0.1) is 0 Å². The smallest absolute Gasteiger partial charge is 0.225 e. The first-order chi connectivity index (χ1) is 13.1. The van der Waals surface area contributed by atoms with E-state index in [0.29, 0.717) is 24.1 Å². The highest BCUT2D eigenvalue weighted by Gasteiger charge is 2.13.